The van der Waals surface area contributed by atoms with Crippen LogP contribution in [0.25, 0.3) is 5.52 Å². The van der Waals surface area contributed by atoms with Gasteiger partial charge in [0.2, 0.25) is 0 Å². The summed E-state index contributed by atoms with van der Waals surface area (Å²) in [6, 6.07) is 5.71. The molecule has 0 atom stereocenters. The number of carbonyl (C=O) groups is 1. The Morgan fingerprint density at radius 2 is 2.21 bits per heavy atom. The average molecular weight is 260 g/mol. The van der Waals surface area contributed by atoms with Crippen LogP contribution in [-0.4, -0.2) is 40.6 Å². The van der Waals surface area contributed by atoms with E-state index in [9.17, 15) is 4.79 Å². The van der Waals surface area contributed by atoms with Crippen LogP contribution in [0, 0.1) is 0 Å². The van der Waals surface area contributed by atoms with Crippen LogP contribution >= 0.6 is 0 Å². The number of fused-ring (bicyclic) bond motifs is 1. The molecule has 2 aromatic rings. The zero-order valence-electron chi connectivity index (χ0n) is 11.2. The normalized spacial score (nSPS) is 10.8. The molecule has 0 aliphatic carbocycles. The first-order valence-electron chi connectivity index (χ1n) is 6.62. The Balaban J connectivity index is 2.02. The first kappa shape index (κ1) is 13.5. The summed E-state index contributed by atoms with van der Waals surface area (Å²) >= 11 is 0. The van der Waals surface area contributed by atoms with Crippen molar-refractivity contribution in [1.29, 1.82) is 0 Å². The van der Waals surface area contributed by atoms with Crippen molar-refractivity contribution in [3.8, 4) is 0 Å². The minimum Gasteiger partial charge on any atom is -0.342 e. The summed E-state index contributed by atoms with van der Waals surface area (Å²) in [5.41, 5.74) is 6.96. The fourth-order valence-corrected chi connectivity index (χ4v) is 2.08. The third-order valence-electron chi connectivity index (χ3n) is 3.20. The largest absolute Gasteiger partial charge is 0.342 e. The van der Waals surface area contributed by atoms with Crippen LogP contribution in [0.2, 0.25) is 0 Å². The molecule has 0 unspecified atom stereocenters. The molecule has 0 saturated heterocycles. The summed E-state index contributed by atoms with van der Waals surface area (Å²) in [6.07, 6.45) is 6.53. The van der Waals surface area contributed by atoms with E-state index in [1.165, 1.54) is 0 Å². The Morgan fingerprint density at radius 3 is 3.00 bits per heavy atom. The molecule has 1 amide bonds. The average Bonchev–Trinajstić information content (AvgIpc) is 2.86. The van der Waals surface area contributed by atoms with E-state index >= 15 is 0 Å². The van der Waals surface area contributed by atoms with Crippen molar-refractivity contribution in [3.05, 3.63) is 36.2 Å². The highest BCUT2D eigenvalue weighted by molar-refractivity contribution is 6.00. The van der Waals surface area contributed by atoms with Gasteiger partial charge in [-0.25, -0.2) is 4.52 Å². The van der Waals surface area contributed by atoms with E-state index in [0.717, 1.165) is 31.3 Å². The molecule has 19 heavy (non-hydrogen) atoms. The highest BCUT2D eigenvalue weighted by Crippen LogP contribution is 2.12. The predicted octanol–water partition coefficient (Wildman–Crippen LogP) is 1.54. The van der Waals surface area contributed by atoms with Gasteiger partial charge in [0.05, 0.1) is 17.3 Å². The van der Waals surface area contributed by atoms with E-state index in [1.54, 1.807) is 15.6 Å². The van der Waals surface area contributed by atoms with Gasteiger partial charge < -0.3 is 10.6 Å². The van der Waals surface area contributed by atoms with Crippen LogP contribution in [-0.2, 0) is 0 Å². The van der Waals surface area contributed by atoms with Gasteiger partial charge in [0.1, 0.15) is 0 Å². The van der Waals surface area contributed by atoms with Crippen molar-refractivity contribution in [2.75, 3.05) is 20.1 Å². The van der Waals surface area contributed by atoms with Crippen LogP contribution in [0.1, 0.15) is 29.6 Å². The number of amides is 1. The Morgan fingerprint density at radius 1 is 1.37 bits per heavy atom. The highest BCUT2D eigenvalue weighted by Gasteiger charge is 2.15. The molecule has 0 spiro atoms. The van der Waals surface area contributed by atoms with E-state index in [2.05, 4.69) is 5.10 Å². The maximum absolute atomic E-state index is 12.3. The van der Waals surface area contributed by atoms with Crippen molar-refractivity contribution >= 4 is 11.4 Å². The summed E-state index contributed by atoms with van der Waals surface area (Å²) in [5, 5.41) is 4.18. The molecule has 102 valence electrons. The van der Waals surface area contributed by atoms with Crippen molar-refractivity contribution in [1.82, 2.24) is 14.5 Å². The molecule has 0 aliphatic rings. The van der Waals surface area contributed by atoms with Gasteiger partial charge in [-0.1, -0.05) is 12.5 Å². The quantitative estimate of drug-likeness (QED) is 0.801. The van der Waals surface area contributed by atoms with E-state index in [1.807, 2.05) is 31.4 Å². The lowest BCUT2D eigenvalue weighted by Crippen LogP contribution is -2.27. The number of nitrogens with zero attached hydrogens (tertiary/aromatic N) is 3. The fraction of sp³-hybridized carbons (Fsp3) is 0.429. The van der Waals surface area contributed by atoms with Crippen molar-refractivity contribution in [2.45, 2.75) is 19.3 Å². The third kappa shape index (κ3) is 3.12. The summed E-state index contributed by atoms with van der Waals surface area (Å²) in [4.78, 5) is 14.1. The highest BCUT2D eigenvalue weighted by atomic mass is 16.2. The van der Waals surface area contributed by atoms with Gasteiger partial charge in [0.15, 0.2) is 0 Å². The summed E-state index contributed by atoms with van der Waals surface area (Å²) in [5.74, 6) is 0.0222. The van der Waals surface area contributed by atoms with Crippen LogP contribution in [0.15, 0.2) is 30.6 Å². The van der Waals surface area contributed by atoms with Crippen LogP contribution in [0.3, 0.4) is 0 Å². The molecule has 2 heterocycles. The monoisotopic (exact) mass is 260 g/mol. The SMILES string of the molecule is CN(CCCCCN)C(=O)c1cnn2ccccc12. The van der Waals surface area contributed by atoms with Gasteiger partial charge in [0, 0.05) is 19.8 Å². The number of aromatic nitrogens is 2. The summed E-state index contributed by atoms with van der Waals surface area (Å²) < 4.78 is 1.72. The zero-order valence-corrected chi connectivity index (χ0v) is 11.2. The summed E-state index contributed by atoms with van der Waals surface area (Å²) in [7, 11) is 1.83. The van der Waals surface area contributed by atoms with E-state index in [0.29, 0.717) is 12.1 Å². The molecular formula is C14H20N4O. The molecule has 5 heteroatoms. The molecule has 2 rings (SSSR count). The summed E-state index contributed by atoms with van der Waals surface area (Å²) in [6.45, 7) is 1.47. The predicted molar refractivity (Wildman–Crippen MR) is 75.1 cm³/mol. The standard InChI is InChI=1S/C14H20N4O/c1-17(9-5-2-4-8-15)14(19)12-11-16-18-10-6-3-7-13(12)18/h3,6-7,10-11H,2,4-5,8-9,15H2,1H3. The van der Waals surface area contributed by atoms with Crippen LogP contribution in [0.5, 0.6) is 0 Å². The molecule has 0 bridgehead atoms. The molecule has 0 radical (unpaired) electrons. The Kier molecular flexibility index (Phi) is 4.52. The molecule has 5 nitrogen and oxygen atoms in total. The lowest BCUT2D eigenvalue weighted by molar-refractivity contribution is 0.0794. The smallest absolute Gasteiger partial charge is 0.257 e. The van der Waals surface area contributed by atoms with Crippen molar-refractivity contribution in [2.24, 2.45) is 5.73 Å². The second-order valence-electron chi connectivity index (χ2n) is 4.66. The third-order valence-corrected chi connectivity index (χ3v) is 3.20. The molecule has 0 fully saturated rings. The van der Waals surface area contributed by atoms with Gasteiger partial charge >= 0.3 is 0 Å². The van der Waals surface area contributed by atoms with E-state index in [4.69, 9.17) is 5.73 Å². The maximum Gasteiger partial charge on any atom is 0.257 e. The van der Waals surface area contributed by atoms with E-state index in [-0.39, 0.29) is 5.91 Å². The first-order valence-corrected chi connectivity index (χ1v) is 6.62. The molecule has 0 aromatic carbocycles. The Hall–Kier alpha value is -1.88. The minimum atomic E-state index is 0.0222. The van der Waals surface area contributed by atoms with Gasteiger partial charge in [-0.15, -0.1) is 0 Å². The number of pyridine rings is 1. The Bertz CT molecular complexity index is 549. The van der Waals surface area contributed by atoms with Gasteiger partial charge in [-0.2, -0.15) is 5.10 Å². The molecule has 0 saturated carbocycles. The van der Waals surface area contributed by atoms with Crippen LogP contribution in [0.4, 0.5) is 0 Å². The second-order valence-corrected chi connectivity index (χ2v) is 4.66. The molecule has 2 aromatic heterocycles. The molecule has 2 N–H and O–H groups in total. The number of rotatable bonds is 6. The van der Waals surface area contributed by atoms with Crippen molar-refractivity contribution in [3.63, 3.8) is 0 Å². The minimum absolute atomic E-state index is 0.0222. The Labute approximate surface area is 113 Å². The number of unbranched alkanes of at least 4 members (excludes halogenated alkanes) is 2. The second kappa shape index (κ2) is 6.33. The zero-order chi connectivity index (χ0) is 13.7. The lowest BCUT2D eigenvalue weighted by atomic mass is 10.2. The van der Waals surface area contributed by atoms with E-state index < -0.39 is 0 Å². The first-order chi connectivity index (χ1) is 9.24. The van der Waals surface area contributed by atoms with Crippen LogP contribution < -0.4 is 5.73 Å². The molecule has 0 aliphatic heterocycles. The van der Waals surface area contributed by atoms with Gasteiger partial charge in [-0.05, 0) is 31.5 Å². The number of carbonyl (C=O) groups excluding carboxylic acids is 1. The molecular weight excluding hydrogens is 240 g/mol. The maximum atomic E-state index is 12.3. The van der Waals surface area contributed by atoms with Crippen molar-refractivity contribution < 1.29 is 4.79 Å². The van der Waals surface area contributed by atoms with Gasteiger partial charge in [-0.3, -0.25) is 4.79 Å². The lowest BCUT2D eigenvalue weighted by Gasteiger charge is -2.16. The number of hydrogen-bond acceptors (Lipinski definition) is 3. The number of hydrogen-bond donors (Lipinski definition) is 1. The van der Waals surface area contributed by atoms with Gasteiger partial charge in [0.25, 0.3) is 5.91 Å². The fourth-order valence-electron chi connectivity index (χ4n) is 2.08. The number of nitrogens with two attached hydrogens (primary N) is 1. The topological polar surface area (TPSA) is 63.6 Å².